The molecule has 0 bridgehead atoms. The van der Waals surface area contributed by atoms with E-state index in [-0.39, 0.29) is 0 Å². The highest BCUT2D eigenvalue weighted by Gasteiger charge is 2.30. The van der Waals surface area contributed by atoms with E-state index in [1.807, 2.05) is 18.5 Å². The van der Waals surface area contributed by atoms with Crippen molar-refractivity contribution in [2.24, 2.45) is 11.8 Å². The first kappa shape index (κ1) is 14.0. The fourth-order valence-electron chi connectivity index (χ4n) is 3.85. The smallest absolute Gasteiger partial charge is 0.0312 e. The highest BCUT2D eigenvalue weighted by Crippen LogP contribution is 2.35. The van der Waals surface area contributed by atoms with Crippen molar-refractivity contribution in [2.45, 2.75) is 38.6 Å². The molecule has 2 fully saturated rings. The van der Waals surface area contributed by atoms with Gasteiger partial charge in [0.05, 0.1) is 0 Å². The number of nitrogens with zero attached hydrogens (tertiary/aromatic N) is 2. The number of nitrogens with one attached hydrogen (secondary N) is 1. The SMILES string of the molecule is c1cncc(CNCCN2CCC3CCCCC3C2)c1. The first-order valence-electron chi connectivity index (χ1n) is 8.24. The molecule has 2 atom stereocenters. The summed E-state index contributed by atoms with van der Waals surface area (Å²) in [6, 6.07) is 4.14. The van der Waals surface area contributed by atoms with Gasteiger partial charge in [0.25, 0.3) is 0 Å². The monoisotopic (exact) mass is 273 g/mol. The highest BCUT2D eigenvalue weighted by molar-refractivity contribution is 5.07. The first-order chi connectivity index (χ1) is 9.92. The number of fused-ring (bicyclic) bond motifs is 1. The minimum absolute atomic E-state index is 0.938. The van der Waals surface area contributed by atoms with Crippen LogP contribution in [0.3, 0.4) is 0 Å². The standard InChI is InChI=1S/C17H27N3/c1-2-6-17-14-20(10-7-16(17)5-1)11-9-19-13-15-4-3-8-18-12-15/h3-4,8,12,16-17,19H,1-2,5-7,9-11,13-14H2. The number of piperidine rings is 1. The molecule has 1 aliphatic heterocycles. The molecule has 1 aromatic rings. The van der Waals surface area contributed by atoms with Gasteiger partial charge in [-0.2, -0.15) is 0 Å². The number of hydrogen-bond donors (Lipinski definition) is 1. The Labute approximate surface area is 122 Å². The van der Waals surface area contributed by atoms with Gasteiger partial charge < -0.3 is 10.2 Å². The molecular formula is C17H27N3. The largest absolute Gasteiger partial charge is 0.311 e. The fourth-order valence-corrected chi connectivity index (χ4v) is 3.85. The van der Waals surface area contributed by atoms with Crippen molar-refractivity contribution in [3.63, 3.8) is 0 Å². The van der Waals surface area contributed by atoms with E-state index in [4.69, 9.17) is 0 Å². The molecule has 1 aliphatic carbocycles. The van der Waals surface area contributed by atoms with Crippen molar-refractivity contribution < 1.29 is 0 Å². The molecule has 0 spiro atoms. The molecule has 1 aromatic heterocycles. The van der Waals surface area contributed by atoms with Crippen LogP contribution in [0, 0.1) is 11.8 Å². The van der Waals surface area contributed by atoms with Crippen LogP contribution in [0.2, 0.25) is 0 Å². The Morgan fingerprint density at radius 3 is 2.95 bits per heavy atom. The number of aromatic nitrogens is 1. The van der Waals surface area contributed by atoms with Gasteiger partial charge in [0.2, 0.25) is 0 Å². The Kier molecular flexibility index (Phi) is 5.04. The molecule has 0 radical (unpaired) electrons. The second kappa shape index (κ2) is 7.19. The second-order valence-corrected chi connectivity index (χ2v) is 6.43. The third kappa shape index (κ3) is 3.80. The molecule has 2 aliphatic rings. The van der Waals surface area contributed by atoms with E-state index in [2.05, 4.69) is 21.3 Å². The molecule has 0 aromatic carbocycles. The van der Waals surface area contributed by atoms with Gasteiger partial charge in [-0.25, -0.2) is 0 Å². The maximum atomic E-state index is 4.15. The fraction of sp³-hybridized carbons (Fsp3) is 0.706. The molecule has 0 amide bonds. The average Bonchev–Trinajstić information content (AvgIpc) is 2.52. The maximum Gasteiger partial charge on any atom is 0.0312 e. The van der Waals surface area contributed by atoms with Crippen molar-refractivity contribution >= 4 is 0 Å². The lowest BCUT2D eigenvalue weighted by Crippen LogP contribution is -2.44. The van der Waals surface area contributed by atoms with Gasteiger partial charge in [-0.05, 0) is 42.9 Å². The van der Waals surface area contributed by atoms with E-state index in [1.54, 1.807) is 0 Å². The van der Waals surface area contributed by atoms with E-state index < -0.39 is 0 Å². The molecule has 1 saturated heterocycles. The van der Waals surface area contributed by atoms with Crippen LogP contribution < -0.4 is 5.32 Å². The minimum atomic E-state index is 0.938. The number of likely N-dealkylation sites (tertiary alicyclic amines) is 1. The summed E-state index contributed by atoms with van der Waals surface area (Å²) in [5.74, 6) is 2.04. The van der Waals surface area contributed by atoms with Crippen LogP contribution in [0.4, 0.5) is 0 Å². The Hall–Kier alpha value is -0.930. The van der Waals surface area contributed by atoms with Crippen molar-refractivity contribution in [1.29, 1.82) is 0 Å². The van der Waals surface area contributed by atoms with Crippen LogP contribution in [0.25, 0.3) is 0 Å². The summed E-state index contributed by atoms with van der Waals surface area (Å²) in [5, 5.41) is 3.54. The van der Waals surface area contributed by atoms with Crippen molar-refractivity contribution in [3.8, 4) is 0 Å². The van der Waals surface area contributed by atoms with Gasteiger partial charge in [0.15, 0.2) is 0 Å². The molecule has 3 heteroatoms. The van der Waals surface area contributed by atoms with E-state index in [1.165, 1.54) is 57.3 Å². The summed E-state index contributed by atoms with van der Waals surface area (Å²) in [5.41, 5.74) is 1.28. The highest BCUT2D eigenvalue weighted by atomic mass is 15.1. The van der Waals surface area contributed by atoms with Crippen LogP contribution in [0.5, 0.6) is 0 Å². The lowest BCUT2D eigenvalue weighted by atomic mass is 9.75. The third-order valence-electron chi connectivity index (χ3n) is 5.03. The van der Waals surface area contributed by atoms with Crippen LogP contribution in [-0.2, 0) is 6.54 Å². The minimum Gasteiger partial charge on any atom is -0.311 e. The number of pyridine rings is 1. The quantitative estimate of drug-likeness (QED) is 0.836. The van der Waals surface area contributed by atoms with E-state index in [9.17, 15) is 0 Å². The number of hydrogen-bond acceptors (Lipinski definition) is 3. The predicted molar refractivity (Wildman–Crippen MR) is 82.4 cm³/mol. The normalized spacial score (nSPS) is 27.2. The molecule has 2 unspecified atom stereocenters. The van der Waals surface area contributed by atoms with Gasteiger partial charge in [-0.1, -0.05) is 25.3 Å². The molecule has 20 heavy (non-hydrogen) atoms. The van der Waals surface area contributed by atoms with Gasteiger partial charge >= 0.3 is 0 Å². The van der Waals surface area contributed by atoms with E-state index >= 15 is 0 Å². The van der Waals surface area contributed by atoms with Crippen LogP contribution >= 0.6 is 0 Å². The van der Waals surface area contributed by atoms with Crippen LogP contribution in [0.1, 0.15) is 37.7 Å². The molecule has 1 N–H and O–H groups in total. The summed E-state index contributed by atoms with van der Waals surface area (Å²) < 4.78 is 0. The molecule has 110 valence electrons. The summed E-state index contributed by atoms with van der Waals surface area (Å²) in [6.45, 7) is 5.89. The first-order valence-corrected chi connectivity index (χ1v) is 8.24. The van der Waals surface area contributed by atoms with Gasteiger partial charge in [-0.15, -0.1) is 0 Å². The van der Waals surface area contributed by atoms with Gasteiger partial charge in [-0.3, -0.25) is 4.98 Å². The maximum absolute atomic E-state index is 4.15. The van der Waals surface area contributed by atoms with E-state index in [0.717, 1.165) is 24.9 Å². The Morgan fingerprint density at radius 2 is 2.10 bits per heavy atom. The molecule has 2 heterocycles. The lowest BCUT2D eigenvalue weighted by molar-refractivity contribution is 0.0875. The summed E-state index contributed by atoms with van der Waals surface area (Å²) in [7, 11) is 0. The molecule has 1 saturated carbocycles. The summed E-state index contributed by atoms with van der Waals surface area (Å²) >= 11 is 0. The molecular weight excluding hydrogens is 246 g/mol. The number of rotatable bonds is 5. The van der Waals surface area contributed by atoms with Crippen molar-refractivity contribution in [3.05, 3.63) is 30.1 Å². The Morgan fingerprint density at radius 1 is 1.20 bits per heavy atom. The third-order valence-corrected chi connectivity index (χ3v) is 5.03. The summed E-state index contributed by atoms with van der Waals surface area (Å²) in [4.78, 5) is 6.82. The topological polar surface area (TPSA) is 28.2 Å². The van der Waals surface area contributed by atoms with Gasteiger partial charge in [0.1, 0.15) is 0 Å². The zero-order valence-corrected chi connectivity index (χ0v) is 12.4. The molecule has 3 nitrogen and oxygen atoms in total. The van der Waals surface area contributed by atoms with Crippen molar-refractivity contribution in [1.82, 2.24) is 15.2 Å². The Bertz CT molecular complexity index is 392. The second-order valence-electron chi connectivity index (χ2n) is 6.43. The van der Waals surface area contributed by atoms with Crippen molar-refractivity contribution in [2.75, 3.05) is 26.2 Å². The zero-order chi connectivity index (χ0) is 13.6. The Balaban J connectivity index is 1.35. The lowest BCUT2D eigenvalue weighted by Gasteiger charge is -2.41. The average molecular weight is 273 g/mol. The van der Waals surface area contributed by atoms with Crippen LogP contribution in [-0.4, -0.2) is 36.1 Å². The van der Waals surface area contributed by atoms with Gasteiger partial charge in [0, 0.05) is 38.6 Å². The predicted octanol–water partition coefficient (Wildman–Crippen LogP) is 2.68. The molecule has 3 rings (SSSR count). The summed E-state index contributed by atoms with van der Waals surface area (Å²) in [6.07, 6.45) is 11.1. The zero-order valence-electron chi connectivity index (χ0n) is 12.4. The van der Waals surface area contributed by atoms with Crippen LogP contribution in [0.15, 0.2) is 24.5 Å². The van der Waals surface area contributed by atoms with E-state index in [0.29, 0.717) is 0 Å².